The van der Waals surface area contributed by atoms with Crippen LogP contribution in [0.4, 0.5) is 0 Å². The molecule has 6 nitrogen and oxygen atoms in total. The van der Waals surface area contributed by atoms with Gasteiger partial charge in [-0.3, -0.25) is 14.6 Å². The predicted molar refractivity (Wildman–Crippen MR) is 125 cm³/mol. The molecule has 1 amide bonds. The minimum Gasteiger partial charge on any atom is -0.447 e. The van der Waals surface area contributed by atoms with Crippen molar-refractivity contribution in [3.05, 3.63) is 89.6 Å². The van der Waals surface area contributed by atoms with Gasteiger partial charge >= 0.3 is 0 Å². The fourth-order valence-electron chi connectivity index (χ4n) is 4.14. The summed E-state index contributed by atoms with van der Waals surface area (Å²) in [5.74, 6) is 0.420. The maximum Gasteiger partial charge on any atom is 0.273 e. The summed E-state index contributed by atoms with van der Waals surface area (Å²) >= 11 is 0. The summed E-state index contributed by atoms with van der Waals surface area (Å²) in [6, 6.07) is 21.8. The Kier molecular flexibility index (Phi) is 7.35. The highest BCUT2D eigenvalue weighted by molar-refractivity contribution is 5.92. The molecule has 1 N–H and O–H groups in total. The zero-order chi connectivity index (χ0) is 22.3. The van der Waals surface area contributed by atoms with Gasteiger partial charge in [-0.05, 0) is 24.5 Å². The number of nitrogens with zero attached hydrogens (tertiary/aromatic N) is 3. The Morgan fingerprint density at radius 3 is 2.16 bits per heavy atom. The van der Waals surface area contributed by atoms with E-state index in [-0.39, 0.29) is 18.0 Å². The van der Waals surface area contributed by atoms with E-state index >= 15 is 0 Å². The van der Waals surface area contributed by atoms with Gasteiger partial charge in [-0.15, -0.1) is 0 Å². The predicted octanol–water partition coefficient (Wildman–Crippen LogP) is 4.11. The lowest BCUT2D eigenvalue weighted by Gasteiger charge is -2.39. The van der Waals surface area contributed by atoms with E-state index in [1.165, 1.54) is 17.4 Å². The van der Waals surface area contributed by atoms with Crippen molar-refractivity contribution < 1.29 is 9.21 Å². The summed E-state index contributed by atoms with van der Waals surface area (Å²) < 4.78 is 5.59. The number of aromatic nitrogens is 1. The molecule has 0 spiro atoms. The van der Waals surface area contributed by atoms with E-state index in [4.69, 9.17) is 4.42 Å². The minimum atomic E-state index is -0.173. The first kappa shape index (κ1) is 22.2. The Bertz CT molecular complexity index is 942. The highest BCUT2D eigenvalue weighted by Gasteiger charge is 2.27. The van der Waals surface area contributed by atoms with Crippen molar-refractivity contribution in [2.45, 2.75) is 38.9 Å². The lowest BCUT2D eigenvalue weighted by atomic mass is 9.96. The van der Waals surface area contributed by atoms with Crippen molar-refractivity contribution in [1.82, 2.24) is 20.1 Å². The van der Waals surface area contributed by atoms with Crippen molar-refractivity contribution >= 4 is 5.91 Å². The van der Waals surface area contributed by atoms with Crippen molar-refractivity contribution in [2.24, 2.45) is 0 Å². The van der Waals surface area contributed by atoms with Gasteiger partial charge in [0.15, 0.2) is 5.69 Å². The van der Waals surface area contributed by atoms with Crippen molar-refractivity contribution in [3.8, 4) is 0 Å². The molecule has 3 aromatic rings. The van der Waals surface area contributed by atoms with Crippen LogP contribution in [0.25, 0.3) is 0 Å². The highest BCUT2D eigenvalue weighted by Crippen LogP contribution is 2.29. The number of hydrogen-bond acceptors (Lipinski definition) is 5. The molecule has 32 heavy (non-hydrogen) atoms. The SMILES string of the molecule is CC[C@@H](C)NC(=O)c1coc(CN2CCN(C(c3ccccc3)c3ccccc3)CC2)n1. The molecule has 1 aliphatic heterocycles. The zero-order valence-electron chi connectivity index (χ0n) is 18.9. The van der Waals surface area contributed by atoms with Crippen molar-refractivity contribution in [2.75, 3.05) is 26.2 Å². The largest absolute Gasteiger partial charge is 0.447 e. The van der Waals surface area contributed by atoms with Crippen LogP contribution in [0.3, 0.4) is 0 Å². The molecule has 1 saturated heterocycles. The van der Waals surface area contributed by atoms with Crippen LogP contribution in [0.1, 0.15) is 53.8 Å². The zero-order valence-corrected chi connectivity index (χ0v) is 18.9. The Labute approximate surface area is 190 Å². The quantitative estimate of drug-likeness (QED) is 0.580. The first-order valence-corrected chi connectivity index (χ1v) is 11.5. The van der Waals surface area contributed by atoms with Gasteiger partial charge in [0.2, 0.25) is 5.89 Å². The van der Waals surface area contributed by atoms with Gasteiger partial charge in [0.1, 0.15) is 6.26 Å². The van der Waals surface area contributed by atoms with Crippen LogP contribution < -0.4 is 5.32 Å². The van der Waals surface area contributed by atoms with Gasteiger partial charge in [-0.2, -0.15) is 0 Å². The molecular weight excluding hydrogens is 400 g/mol. The molecule has 2 heterocycles. The van der Waals surface area contributed by atoms with Crippen LogP contribution >= 0.6 is 0 Å². The van der Waals surface area contributed by atoms with Crippen molar-refractivity contribution in [3.63, 3.8) is 0 Å². The van der Waals surface area contributed by atoms with Crippen LogP contribution in [0.15, 0.2) is 71.3 Å². The number of hydrogen-bond donors (Lipinski definition) is 1. The Morgan fingerprint density at radius 1 is 1.00 bits per heavy atom. The number of carbonyl (C=O) groups is 1. The molecule has 0 saturated carbocycles. The van der Waals surface area contributed by atoms with Gasteiger partial charge in [0.25, 0.3) is 5.91 Å². The summed E-state index contributed by atoms with van der Waals surface area (Å²) in [7, 11) is 0. The summed E-state index contributed by atoms with van der Waals surface area (Å²) in [5, 5.41) is 2.93. The molecule has 168 valence electrons. The smallest absolute Gasteiger partial charge is 0.273 e. The standard InChI is InChI=1S/C26H32N4O2/c1-3-20(2)27-26(31)23-19-32-24(28-23)18-29-14-16-30(17-15-29)25(21-10-6-4-7-11-21)22-12-8-5-9-13-22/h4-13,19-20,25H,3,14-18H2,1-2H3,(H,27,31)/t20-/m1/s1. The first-order chi connectivity index (χ1) is 15.6. The molecule has 0 aliphatic carbocycles. The fraction of sp³-hybridized carbons (Fsp3) is 0.385. The van der Waals surface area contributed by atoms with E-state index in [0.29, 0.717) is 18.1 Å². The molecule has 1 fully saturated rings. The molecule has 0 unspecified atom stereocenters. The van der Waals surface area contributed by atoms with Gasteiger partial charge in [-0.25, -0.2) is 4.98 Å². The third-order valence-corrected chi connectivity index (χ3v) is 6.14. The van der Waals surface area contributed by atoms with Crippen LogP contribution in [-0.4, -0.2) is 52.9 Å². The maximum absolute atomic E-state index is 12.3. The fourth-order valence-corrected chi connectivity index (χ4v) is 4.14. The Hall–Kier alpha value is -2.96. The molecule has 1 aromatic heterocycles. The second kappa shape index (κ2) is 10.6. The Balaban J connectivity index is 1.38. The molecule has 1 atom stereocenters. The number of rotatable bonds is 8. The van der Waals surface area contributed by atoms with Crippen LogP contribution in [-0.2, 0) is 6.54 Å². The van der Waals surface area contributed by atoms with Gasteiger partial charge in [-0.1, -0.05) is 67.6 Å². The summed E-state index contributed by atoms with van der Waals surface area (Å²) in [6.07, 6.45) is 2.35. The number of nitrogens with one attached hydrogen (secondary N) is 1. The van der Waals surface area contributed by atoms with E-state index in [0.717, 1.165) is 32.6 Å². The van der Waals surface area contributed by atoms with E-state index in [1.54, 1.807) is 0 Å². The molecular formula is C26H32N4O2. The molecule has 4 rings (SSSR count). The second-order valence-corrected chi connectivity index (χ2v) is 8.45. The molecule has 1 aliphatic rings. The lowest BCUT2D eigenvalue weighted by Crippen LogP contribution is -2.47. The number of amides is 1. The average molecular weight is 433 g/mol. The Morgan fingerprint density at radius 2 is 1.59 bits per heavy atom. The third kappa shape index (κ3) is 5.44. The second-order valence-electron chi connectivity index (χ2n) is 8.45. The lowest BCUT2D eigenvalue weighted by molar-refractivity contribution is 0.0933. The van der Waals surface area contributed by atoms with Crippen LogP contribution in [0.5, 0.6) is 0 Å². The molecule has 0 radical (unpaired) electrons. The van der Waals surface area contributed by atoms with E-state index < -0.39 is 0 Å². The molecule has 6 heteroatoms. The summed E-state index contributed by atoms with van der Waals surface area (Å²) in [4.78, 5) is 21.5. The highest BCUT2D eigenvalue weighted by atomic mass is 16.3. The normalized spacial score (nSPS) is 16.2. The monoisotopic (exact) mass is 432 g/mol. The maximum atomic E-state index is 12.3. The minimum absolute atomic E-state index is 0.123. The number of piperazine rings is 1. The summed E-state index contributed by atoms with van der Waals surface area (Å²) in [6.45, 7) is 8.40. The van der Waals surface area contributed by atoms with Crippen LogP contribution in [0, 0.1) is 0 Å². The molecule has 0 bridgehead atoms. The van der Waals surface area contributed by atoms with Gasteiger partial charge in [0, 0.05) is 32.2 Å². The van der Waals surface area contributed by atoms with E-state index in [9.17, 15) is 4.79 Å². The van der Waals surface area contributed by atoms with E-state index in [2.05, 4.69) is 80.8 Å². The number of carbonyl (C=O) groups excluding carboxylic acids is 1. The first-order valence-electron chi connectivity index (χ1n) is 11.5. The number of benzene rings is 2. The van der Waals surface area contributed by atoms with Crippen LogP contribution in [0.2, 0.25) is 0 Å². The third-order valence-electron chi connectivity index (χ3n) is 6.14. The van der Waals surface area contributed by atoms with E-state index in [1.807, 2.05) is 13.8 Å². The topological polar surface area (TPSA) is 61.6 Å². The number of oxazole rings is 1. The molecule has 2 aromatic carbocycles. The van der Waals surface area contributed by atoms with Gasteiger partial charge < -0.3 is 9.73 Å². The van der Waals surface area contributed by atoms with Gasteiger partial charge in [0.05, 0.1) is 12.6 Å². The summed E-state index contributed by atoms with van der Waals surface area (Å²) in [5.41, 5.74) is 2.99. The average Bonchev–Trinajstić information content (AvgIpc) is 3.30. The van der Waals surface area contributed by atoms with Crippen molar-refractivity contribution in [1.29, 1.82) is 0 Å².